The van der Waals surface area contributed by atoms with E-state index in [4.69, 9.17) is 22.1 Å². The van der Waals surface area contributed by atoms with Gasteiger partial charge in [0.15, 0.2) is 0 Å². The van der Waals surface area contributed by atoms with Crippen LogP contribution in [-0.2, 0) is 29.5 Å². The molecular weight excluding hydrogens is 412 g/mol. The van der Waals surface area contributed by atoms with E-state index in [9.17, 15) is 19.2 Å². The molecule has 1 spiro atoms. The summed E-state index contributed by atoms with van der Waals surface area (Å²) >= 11 is 6.19. The molecule has 10 heteroatoms. The van der Waals surface area contributed by atoms with Crippen molar-refractivity contribution >= 4 is 40.9 Å². The molecule has 30 heavy (non-hydrogen) atoms. The molecule has 3 aliphatic rings. The van der Waals surface area contributed by atoms with E-state index in [1.54, 1.807) is 25.3 Å². The third-order valence-electron chi connectivity index (χ3n) is 6.20. The molecule has 4 rings (SSSR count). The number of primary amides is 1. The molecule has 0 radical (unpaired) electrons. The molecule has 0 unspecified atom stereocenters. The third-order valence-corrected chi connectivity index (χ3v) is 6.44. The first-order valence-electron chi connectivity index (χ1n) is 9.83. The van der Waals surface area contributed by atoms with Gasteiger partial charge in [-0.25, -0.2) is 0 Å². The van der Waals surface area contributed by atoms with E-state index in [2.05, 4.69) is 10.6 Å². The van der Waals surface area contributed by atoms with E-state index in [1.807, 2.05) is 0 Å². The number of carbonyl (C=O) groups is 4. The van der Waals surface area contributed by atoms with E-state index < -0.39 is 41.1 Å². The van der Waals surface area contributed by atoms with Gasteiger partial charge in [-0.1, -0.05) is 11.6 Å². The Balaban J connectivity index is 1.77. The first-order chi connectivity index (χ1) is 14.3. The van der Waals surface area contributed by atoms with Gasteiger partial charge in [0, 0.05) is 49.0 Å². The van der Waals surface area contributed by atoms with E-state index >= 15 is 0 Å². The zero-order valence-electron chi connectivity index (χ0n) is 16.4. The smallest absolute Gasteiger partial charge is 0.250 e. The van der Waals surface area contributed by atoms with Gasteiger partial charge < -0.3 is 15.8 Å². The van der Waals surface area contributed by atoms with Gasteiger partial charge in [-0.15, -0.1) is 0 Å². The van der Waals surface area contributed by atoms with Crippen LogP contribution in [0.1, 0.15) is 24.8 Å². The summed E-state index contributed by atoms with van der Waals surface area (Å²) in [4.78, 5) is 52.4. The maximum absolute atomic E-state index is 13.4. The maximum atomic E-state index is 13.4. The molecule has 3 aliphatic heterocycles. The van der Waals surface area contributed by atoms with Crippen LogP contribution in [0, 0.1) is 11.8 Å². The lowest BCUT2D eigenvalue weighted by Crippen LogP contribution is -2.53. The minimum atomic E-state index is -1.42. The highest BCUT2D eigenvalue weighted by atomic mass is 35.5. The van der Waals surface area contributed by atoms with Gasteiger partial charge in [-0.2, -0.15) is 0 Å². The zero-order chi connectivity index (χ0) is 21.6. The standard InChI is InChI=1S/C20H23ClN4O5/c1-30-8-2-7-25-17(27)15-13(5-6-14(22)26)24-20(16(15)18(25)28)11-9-10(21)3-4-12(11)23-19(20)29/h3-4,9,13,15-16,24H,2,5-8H2,1H3,(H2,22,26)(H,23,29)/t13-,15-,16+,20+/m1/s1. The predicted molar refractivity (Wildman–Crippen MR) is 107 cm³/mol. The number of amides is 4. The summed E-state index contributed by atoms with van der Waals surface area (Å²) in [5, 5.41) is 6.45. The van der Waals surface area contributed by atoms with Crippen molar-refractivity contribution in [1.29, 1.82) is 0 Å². The molecule has 4 N–H and O–H groups in total. The maximum Gasteiger partial charge on any atom is 0.250 e. The SMILES string of the molecule is COCCCN1C(=O)[C@H]2[C@@H](C1=O)[C@]1(N[C@@H]2CCC(N)=O)C(=O)Nc2ccc(Cl)cc21. The first-order valence-corrected chi connectivity index (χ1v) is 10.2. The van der Waals surface area contributed by atoms with Crippen molar-refractivity contribution in [1.82, 2.24) is 10.2 Å². The summed E-state index contributed by atoms with van der Waals surface area (Å²) in [7, 11) is 1.55. The Kier molecular flexibility index (Phi) is 5.29. The highest BCUT2D eigenvalue weighted by Gasteiger charge is 2.70. The Morgan fingerprint density at radius 2 is 2.07 bits per heavy atom. The predicted octanol–water partition coefficient (Wildman–Crippen LogP) is 0.362. The Hall–Kier alpha value is -2.49. The number of imide groups is 1. The van der Waals surface area contributed by atoms with Crippen LogP contribution in [0.4, 0.5) is 5.69 Å². The van der Waals surface area contributed by atoms with Crippen molar-refractivity contribution in [2.75, 3.05) is 25.6 Å². The van der Waals surface area contributed by atoms with E-state index in [1.165, 1.54) is 4.90 Å². The van der Waals surface area contributed by atoms with Gasteiger partial charge in [0.25, 0.3) is 0 Å². The van der Waals surface area contributed by atoms with Crippen molar-refractivity contribution in [3.8, 4) is 0 Å². The number of rotatable bonds is 7. The molecule has 9 nitrogen and oxygen atoms in total. The van der Waals surface area contributed by atoms with Crippen molar-refractivity contribution in [2.45, 2.75) is 30.8 Å². The zero-order valence-corrected chi connectivity index (χ0v) is 17.2. The van der Waals surface area contributed by atoms with E-state index in [0.29, 0.717) is 29.3 Å². The summed E-state index contributed by atoms with van der Waals surface area (Å²) in [6.45, 7) is 0.612. The largest absolute Gasteiger partial charge is 0.385 e. The van der Waals surface area contributed by atoms with Crippen molar-refractivity contribution in [3.63, 3.8) is 0 Å². The number of halogens is 1. The number of nitrogens with two attached hydrogens (primary N) is 1. The molecular formula is C20H23ClN4O5. The number of carbonyl (C=O) groups excluding carboxylic acids is 4. The van der Waals surface area contributed by atoms with Crippen LogP contribution in [0.3, 0.4) is 0 Å². The first kappa shape index (κ1) is 20.8. The van der Waals surface area contributed by atoms with Gasteiger partial charge in [0.05, 0.1) is 11.8 Å². The Morgan fingerprint density at radius 1 is 1.30 bits per heavy atom. The van der Waals surface area contributed by atoms with Crippen LogP contribution in [0.5, 0.6) is 0 Å². The monoisotopic (exact) mass is 434 g/mol. The summed E-state index contributed by atoms with van der Waals surface area (Å²) in [6, 6.07) is 4.41. The minimum Gasteiger partial charge on any atom is -0.385 e. The normalized spacial score (nSPS) is 29.5. The highest BCUT2D eigenvalue weighted by molar-refractivity contribution is 6.31. The number of likely N-dealkylation sites (tertiary alicyclic amines) is 1. The number of anilines is 1. The van der Waals surface area contributed by atoms with Crippen molar-refractivity contribution in [3.05, 3.63) is 28.8 Å². The molecule has 0 aromatic heterocycles. The van der Waals surface area contributed by atoms with E-state index in [0.717, 1.165) is 0 Å². The molecule has 4 amide bonds. The fourth-order valence-electron chi connectivity index (χ4n) is 4.97. The van der Waals surface area contributed by atoms with E-state index in [-0.39, 0.29) is 25.3 Å². The number of hydrogen-bond acceptors (Lipinski definition) is 6. The van der Waals surface area contributed by atoms with Gasteiger partial charge in [0.1, 0.15) is 5.54 Å². The lowest BCUT2D eigenvalue weighted by molar-refractivity contribution is -0.143. The second-order valence-electron chi connectivity index (χ2n) is 7.89. The number of hydrogen-bond donors (Lipinski definition) is 3. The molecule has 0 saturated carbocycles. The van der Waals surface area contributed by atoms with Gasteiger partial charge in [0.2, 0.25) is 23.6 Å². The molecule has 2 fully saturated rings. The summed E-state index contributed by atoms with van der Waals surface area (Å²) in [5.41, 5.74) is 4.97. The van der Waals surface area contributed by atoms with Crippen LogP contribution >= 0.6 is 11.6 Å². The topological polar surface area (TPSA) is 131 Å². The Morgan fingerprint density at radius 3 is 2.77 bits per heavy atom. The van der Waals surface area contributed by atoms with Gasteiger partial charge in [-0.3, -0.25) is 29.4 Å². The third kappa shape index (κ3) is 3.00. The van der Waals surface area contributed by atoms with Crippen LogP contribution in [0.15, 0.2) is 18.2 Å². The summed E-state index contributed by atoms with van der Waals surface area (Å²) in [6.07, 6.45) is 0.771. The number of methoxy groups -OCH3 is 1. The quantitative estimate of drug-likeness (QED) is 0.419. The molecule has 160 valence electrons. The number of nitrogens with one attached hydrogen (secondary N) is 2. The fourth-order valence-corrected chi connectivity index (χ4v) is 5.14. The highest BCUT2D eigenvalue weighted by Crippen LogP contribution is 2.53. The molecule has 0 aliphatic carbocycles. The van der Waals surface area contributed by atoms with Crippen LogP contribution in [0.2, 0.25) is 5.02 Å². The molecule has 1 aromatic carbocycles. The number of ether oxygens (including phenoxy) is 1. The second-order valence-corrected chi connectivity index (χ2v) is 8.32. The van der Waals surface area contributed by atoms with Gasteiger partial charge >= 0.3 is 0 Å². The summed E-state index contributed by atoms with van der Waals surface area (Å²) < 4.78 is 5.03. The van der Waals surface area contributed by atoms with Crippen molar-refractivity contribution in [2.24, 2.45) is 17.6 Å². The fraction of sp³-hybridized carbons (Fsp3) is 0.500. The van der Waals surface area contributed by atoms with Gasteiger partial charge in [-0.05, 0) is 31.0 Å². The molecule has 2 saturated heterocycles. The Labute approximate surface area is 178 Å². The number of benzene rings is 1. The van der Waals surface area contributed by atoms with Crippen molar-refractivity contribution < 1.29 is 23.9 Å². The van der Waals surface area contributed by atoms with Crippen LogP contribution in [0.25, 0.3) is 0 Å². The second kappa shape index (κ2) is 7.64. The number of fused-ring (bicyclic) bond motifs is 4. The molecule has 0 bridgehead atoms. The lowest BCUT2D eigenvalue weighted by atomic mass is 9.76. The minimum absolute atomic E-state index is 0.0339. The average Bonchev–Trinajstić information content (AvgIpc) is 3.27. The average molecular weight is 435 g/mol. The lowest BCUT2D eigenvalue weighted by Gasteiger charge is -2.29. The van der Waals surface area contributed by atoms with Crippen LogP contribution in [-0.4, -0.2) is 54.8 Å². The summed E-state index contributed by atoms with van der Waals surface area (Å²) in [5.74, 6) is -3.36. The molecule has 1 aromatic rings. The van der Waals surface area contributed by atoms with Crippen LogP contribution < -0.4 is 16.4 Å². The molecule has 4 atom stereocenters. The number of nitrogens with zero attached hydrogens (tertiary/aromatic N) is 1. The Bertz CT molecular complexity index is 938. The molecule has 3 heterocycles.